The number of allylic oxidation sites excluding steroid dienone is 1. The normalized spacial score (nSPS) is 18.5. The van der Waals surface area contributed by atoms with E-state index in [-0.39, 0.29) is 0 Å². The minimum atomic E-state index is 0.458. The van der Waals surface area contributed by atoms with Crippen molar-refractivity contribution in [3.05, 3.63) is 11.2 Å². The molecule has 4 heteroatoms. The van der Waals surface area contributed by atoms with Crippen molar-refractivity contribution in [2.75, 3.05) is 6.67 Å². The number of nitrogens with zero attached hydrogens (tertiary/aromatic N) is 2. The third-order valence-corrected chi connectivity index (χ3v) is 1.97. The monoisotopic (exact) mass is 178 g/mol. The Morgan fingerprint density at radius 1 is 1.80 bits per heavy atom. The van der Waals surface area contributed by atoms with E-state index >= 15 is 0 Å². The van der Waals surface area contributed by atoms with Crippen LogP contribution in [0.4, 0.5) is 0 Å². The van der Waals surface area contributed by atoms with Crippen molar-refractivity contribution in [3.8, 4) is 0 Å². The van der Waals surface area contributed by atoms with Gasteiger partial charge in [0.1, 0.15) is 11.8 Å². The summed E-state index contributed by atoms with van der Waals surface area (Å²) in [6.45, 7) is 2.49. The van der Waals surface area contributed by atoms with Gasteiger partial charge in [-0.05, 0) is 12.5 Å². The molecule has 0 N–H and O–H groups in total. The third-order valence-electron chi connectivity index (χ3n) is 1.28. The van der Waals surface area contributed by atoms with Crippen molar-refractivity contribution in [2.24, 2.45) is 4.99 Å². The van der Waals surface area contributed by atoms with Crippen molar-refractivity contribution >= 4 is 29.1 Å². The van der Waals surface area contributed by atoms with E-state index in [1.807, 2.05) is 6.92 Å². The van der Waals surface area contributed by atoms with Crippen LogP contribution in [0.25, 0.3) is 0 Å². The lowest BCUT2D eigenvalue weighted by atomic mass is 10.3. The van der Waals surface area contributed by atoms with Crippen LogP contribution in [0.1, 0.15) is 13.3 Å². The van der Waals surface area contributed by atoms with Crippen LogP contribution in [0.15, 0.2) is 16.2 Å². The van der Waals surface area contributed by atoms with E-state index in [1.54, 1.807) is 6.08 Å². The molecule has 0 radical (unpaired) electrons. The molecule has 56 valence electrons. The summed E-state index contributed by atoms with van der Waals surface area (Å²) in [6.07, 6.45) is 2.68. The quantitative estimate of drug-likeness (QED) is 0.445. The number of aliphatic imine (C=N–C) groups is 1. The molecule has 10 heavy (non-hydrogen) atoms. The predicted molar refractivity (Wildman–Crippen MR) is 44.2 cm³/mol. The molecule has 0 aromatic heterocycles. The molecule has 0 saturated carbocycles. The Morgan fingerprint density at radius 2 is 2.50 bits per heavy atom. The SMILES string of the molecule is CCC1=NCN(Cl)C(Cl)=C1. The molecule has 1 rings (SSSR count). The molecule has 0 amide bonds. The highest BCUT2D eigenvalue weighted by Crippen LogP contribution is 2.16. The second-order valence-corrected chi connectivity index (χ2v) is 2.77. The molecule has 0 aliphatic carbocycles. The van der Waals surface area contributed by atoms with Crippen molar-refractivity contribution in [1.29, 1.82) is 0 Å². The van der Waals surface area contributed by atoms with Crippen LogP contribution in [-0.4, -0.2) is 16.8 Å². The molecule has 0 aromatic rings. The Balaban J connectivity index is 2.69. The minimum Gasteiger partial charge on any atom is -0.267 e. The lowest BCUT2D eigenvalue weighted by Crippen LogP contribution is -2.15. The summed E-state index contributed by atoms with van der Waals surface area (Å²) in [7, 11) is 0. The van der Waals surface area contributed by atoms with Crippen LogP contribution in [0, 0.1) is 0 Å². The second-order valence-electron chi connectivity index (χ2n) is 1.97. The van der Waals surface area contributed by atoms with Gasteiger partial charge in [0.15, 0.2) is 0 Å². The molecule has 1 aliphatic rings. The molecular weight excluding hydrogens is 171 g/mol. The van der Waals surface area contributed by atoms with E-state index in [0.717, 1.165) is 12.1 Å². The summed E-state index contributed by atoms with van der Waals surface area (Å²) in [5, 5.41) is 0.550. The van der Waals surface area contributed by atoms with Crippen molar-refractivity contribution in [1.82, 2.24) is 4.42 Å². The summed E-state index contributed by atoms with van der Waals surface area (Å²) < 4.78 is 1.38. The van der Waals surface area contributed by atoms with Crippen LogP contribution in [-0.2, 0) is 0 Å². The Morgan fingerprint density at radius 3 is 3.00 bits per heavy atom. The highest BCUT2D eigenvalue weighted by molar-refractivity contribution is 6.34. The van der Waals surface area contributed by atoms with Crippen LogP contribution in [0.3, 0.4) is 0 Å². The van der Waals surface area contributed by atoms with Gasteiger partial charge in [-0.25, -0.2) is 0 Å². The lowest BCUT2D eigenvalue weighted by Gasteiger charge is -2.16. The molecule has 2 nitrogen and oxygen atoms in total. The van der Waals surface area contributed by atoms with Crippen molar-refractivity contribution in [2.45, 2.75) is 13.3 Å². The fourth-order valence-corrected chi connectivity index (χ4v) is 0.969. The first-order valence-electron chi connectivity index (χ1n) is 3.08. The molecule has 0 fully saturated rings. The summed E-state index contributed by atoms with van der Waals surface area (Å²) >= 11 is 11.3. The topological polar surface area (TPSA) is 15.6 Å². The Bertz CT molecular complexity index is 186. The van der Waals surface area contributed by atoms with E-state index in [0.29, 0.717) is 11.8 Å². The van der Waals surface area contributed by atoms with E-state index in [4.69, 9.17) is 23.4 Å². The van der Waals surface area contributed by atoms with Gasteiger partial charge in [-0.3, -0.25) is 9.41 Å². The molecule has 1 aliphatic heterocycles. The minimum absolute atomic E-state index is 0.458. The van der Waals surface area contributed by atoms with Crippen molar-refractivity contribution in [3.63, 3.8) is 0 Å². The van der Waals surface area contributed by atoms with Gasteiger partial charge >= 0.3 is 0 Å². The first kappa shape index (κ1) is 7.89. The van der Waals surface area contributed by atoms with Gasteiger partial charge in [0, 0.05) is 17.5 Å². The maximum atomic E-state index is 5.71. The molecule has 0 spiro atoms. The average Bonchev–Trinajstić information content (AvgIpc) is 1.95. The number of rotatable bonds is 1. The van der Waals surface area contributed by atoms with Gasteiger partial charge < -0.3 is 0 Å². The zero-order valence-electron chi connectivity index (χ0n) is 5.64. The fourth-order valence-electron chi connectivity index (χ4n) is 0.687. The lowest BCUT2D eigenvalue weighted by molar-refractivity contribution is 0.598. The molecule has 0 bridgehead atoms. The van der Waals surface area contributed by atoms with Crippen LogP contribution in [0.2, 0.25) is 0 Å². The number of hydrogen-bond donors (Lipinski definition) is 0. The molecule has 0 saturated heterocycles. The summed E-state index contributed by atoms with van der Waals surface area (Å²) in [5.74, 6) is 0. The zero-order valence-corrected chi connectivity index (χ0v) is 7.15. The third kappa shape index (κ3) is 1.64. The van der Waals surface area contributed by atoms with E-state index in [1.165, 1.54) is 4.42 Å². The van der Waals surface area contributed by atoms with Gasteiger partial charge in [0.2, 0.25) is 0 Å². The highest BCUT2D eigenvalue weighted by atomic mass is 35.5. The van der Waals surface area contributed by atoms with Gasteiger partial charge in [-0.15, -0.1) is 0 Å². The Hall–Kier alpha value is -0.210. The standard InChI is InChI=1S/C6H8Cl2N2/c1-2-5-3-6(7)10(8)4-9-5/h3H,2,4H2,1H3. The molecule has 0 atom stereocenters. The summed E-state index contributed by atoms with van der Waals surface area (Å²) in [5.41, 5.74) is 1.00. The molecule has 0 aromatic carbocycles. The largest absolute Gasteiger partial charge is 0.267 e. The van der Waals surface area contributed by atoms with E-state index < -0.39 is 0 Å². The highest BCUT2D eigenvalue weighted by Gasteiger charge is 2.08. The van der Waals surface area contributed by atoms with Gasteiger partial charge in [-0.1, -0.05) is 18.5 Å². The van der Waals surface area contributed by atoms with Crippen LogP contribution < -0.4 is 0 Å². The zero-order chi connectivity index (χ0) is 7.56. The fraction of sp³-hybridized carbons (Fsp3) is 0.500. The van der Waals surface area contributed by atoms with Gasteiger partial charge in [-0.2, -0.15) is 0 Å². The maximum absolute atomic E-state index is 5.71. The van der Waals surface area contributed by atoms with Gasteiger partial charge in [0.25, 0.3) is 0 Å². The molecule has 0 unspecified atom stereocenters. The van der Waals surface area contributed by atoms with Crippen LogP contribution in [0.5, 0.6) is 0 Å². The van der Waals surface area contributed by atoms with Crippen LogP contribution >= 0.6 is 23.4 Å². The predicted octanol–water partition coefficient (Wildman–Crippen LogP) is 2.34. The Kier molecular flexibility index (Phi) is 2.57. The maximum Gasteiger partial charge on any atom is 0.126 e. The first-order chi connectivity index (χ1) is 4.74. The first-order valence-corrected chi connectivity index (χ1v) is 3.79. The molecular formula is C6H8Cl2N2. The Labute approximate surface area is 70.2 Å². The smallest absolute Gasteiger partial charge is 0.126 e. The van der Waals surface area contributed by atoms with E-state index in [2.05, 4.69) is 4.99 Å². The average molecular weight is 179 g/mol. The second kappa shape index (κ2) is 3.26. The molecule has 1 heterocycles. The summed E-state index contributed by atoms with van der Waals surface area (Å²) in [6, 6.07) is 0. The number of hydrogen-bond acceptors (Lipinski definition) is 2. The van der Waals surface area contributed by atoms with Gasteiger partial charge in [0.05, 0.1) is 0 Å². The number of halogens is 2. The van der Waals surface area contributed by atoms with E-state index in [9.17, 15) is 0 Å². The summed E-state index contributed by atoms with van der Waals surface area (Å²) in [4.78, 5) is 4.13. The van der Waals surface area contributed by atoms with Crippen molar-refractivity contribution < 1.29 is 0 Å².